The number of para-hydroxylation sites is 1. The van der Waals surface area contributed by atoms with Gasteiger partial charge in [0, 0.05) is 26.8 Å². The molecule has 1 aliphatic rings. The number of amides is 1. The first-order chi connectivity index (χ1) is 10.0. The summed E-state index contributed by atoms with van der Waals surface area (Å²) in [4.78, 5) is 15.1. The van der Waals surface area contributed by atoms with E-state index in [0.717, 1.165) is 55.5 Å². The van der Waals surface area contributed by atoms with Gasteiger partial charge in [0.1, 0.15) is 5.54 Å². The van der Waals surface area contributed by atoms with E-state index in [9.17, 15) is 4.79 Å². The van der Waals surface area contributed by atoms with Crippen molar-refractivity contribution in [3.05, 3.63) is 43.7 Å². The zero-order valence-corrected chi connectivity index (χ0v) is 17.9. The molecule has 4 heteroatoms. The summed E-state index contributed by atoms with van der Waals surface area (Å²) in [5.74, 6) is 0.151. The van der Waals surface area contributed by atoms with Crippen LogP contribution in [0, 0.1) is 28.2 Å². The summed E-state index contributed by atoms with van der Waals surface area (Å²) in [6, 6.07) is 6.12. The molecule has 130 valence electrons. The number of aryl methyl sites for hydroxylation is 2. The molecule has 0 atom stereocenters. The number of benzene rings is 1. The van der Waals surface area contributed by atoms with Crippen molar-refractivity contribution < 1.29 is 25.9 Å². The van der Waals surface area contributed by atoms with Crippen LogP contribution in [0.5, 0.6) is 0 Å². The van der Waals surface area contributed by atoms with Crippen molar-refractivity contribution in [3.8, 4) is 0 Å². The van der Waals surface area contributed by atoms with Gasteiger partial charge in [0.05, 0.1) is 0 Å². The van der Waals surface area contributed by atoms with Gasteiger partial charge in [-0.2, -0.15) is 6.42 Å². The van der Waals surface area contributed by atoms with E-state index in [4.69, 9.17) is 0 Å². The van der Waals surface area contributed by atoms with Crippen LogP contribution in [0.2, 0.25) is 0 Å². The summed E-state index contributed by atoms with van der Waals surface area (Å²) in [5, 5.41) is 3.18. The standard InChI is InChI=1S/C18H27N2O.CH3.W/c1-5-6-13-20(4)18(11-8-12-18)17(21)19-16-14(2)9-7-10-15(16)3;;/h7,9-10H,1,5-6,8,11-13H2,2-4H3,(H,19,21);1H3;/q2*-1;. The summed E-state index contributed by atoms with van der Waals surface area (Å²) in [6.07, 6.45) is 5.00. The normalized spacial score (nSPS) is 15.2. The Morgan fingerprint density at radius 3 is 2.30 bits per heavy atom. The number of carbonyl (C=O) groups excluding carboxylic acids is 1. The third-order valence-electron chi connectivity index (χ3n) is 4.80. The van der Waals surface area contributed by atoms with Crippen molar-refractivity contribution in [1.82, 2.24) is 4.90 Å². The van der Waals surface area contributed by atoms with Crippen molar-refractivity contribution >= 4 is 11.6 Å². The average molecular weight is 486 g/mol. The monoisotopic (exact) mass is 486 g/mol. The molecule has 1 aromatic carbocycles. The van der Waals surface area contributed by atoms with Crippen LogP contribution in [-0.4, -0.2) is 29.9 Å². The quantitative estimate of drug-likeness (QED) is 0.613. The van der Waals surface area contributed by atoms with Crippen LogP contribution in [-0.2, 0) is 25.9 Å². The number of nitrogens with zero attached hydrogens (tertiary/aromatic N) is 1. The molecule has 0 unspecified atom stereocenters. The van der Waals surface area contributed by atoms with Crippen LogP contribution >= 0.6 is 0 Å². The fourth-order valence-corrected chi connectivity index (χ4v) is 3.10. The Hall–Kier alpha value is -0.662. The number of nitrogens with one attached hydrogen (secondary N) is 1. The van der Waals surface area contributed by atoms with Crippen LogP contribution in [0.15, 0.2) is 18.2 Å². The topological polar surface area (TPSA) is 32.3 Å². The number of rotatable bonds is 6. The maximum atomic E-state index is 12.9. The first kappa shape index (κ1) is 22.3. The summed E-state index contributed by atoms with van der Waals surface area (Å²) < 4.78 is 0. The van der Waals surface area contributed by atoms with Crippen LogP contribution in [0.1, 0.15) is 43.2 Å². The van der Waals surface area contributed by atoms with Crippen LogP contribution in [0.4, 0.5) is 5.69 Å². The number of unbranched alkanes of at least 4 members (excludes halogenated alkanes) is 1. The SMILES string of the molecule is [CH2-]CCCN(C)C1(C(=O)Nc2c(C)cccc2C)CCC1.[CH3-].[W]. The summed E-state index contributed by atoms with van der Waals surface area (Å²) in [5.41, 5.74) is 2.90. The van der Waals surface area contributed by atoms with Gasteiger partial charge in [-0.1, -0.05) is 24.6 Å². The molecule has 0 spiro atoms. The minimum atomic E-state index is -0.316. The predicted octanol–water partition coefficient (Wildman–Crippen LogP) is 4.16. The molecule has 2 rings (SSSR count). The van der Waals surface area contributed by atoms with E-state index in [0.29, 0.717) is 0 Å². The Balaban J connectivity index is 0.00000242. The van der Waals surface area contributed by atoms with Gasteiger partial charge in [-0.25, -0.2) is 0 Å². The van der Waals surface area contributed by atoms with E-state index >= 15 is 0 Å². The van der Waals surface area contributed by atoms with Crippen LogP contribution in [0.25, 0.3) is 0 Å². The number of anilines is 1. The van der Waals surface area contributed by atoms with E-state index in [1.54, 1.807) is 0 Å². The summed E-state index contributed by atoms with van der Waals surface area (Å²) in [7, 11) is 2.07. The van der Waals surface area contributed by atoms with Gasteiger partial charge in [0.15, 0.2) is 0 Å². The number of hydrogen-bond acceptors (Lipinski definition) is 2. The molecule has 1 aromatic rings. The number of hydrogen-bond donors (Lipinski definition) is 1. The van der Waals surface area contributed by atoms with Crippen molar-refractivity contribution in [2.75, 3.05) is 18.9 Å². The minimum absolute atomic E-state index is 0. The minimum Gasteiger partial charge on any atom is -0.358 e. The Labute approximate surface area is 156 Å². The zero-order chi connectivity index (χ0) is 15.5. The molecule has 0 aliphatic heterocycles. The molecule has 0 radical (unpaired) electrons. The fourth-order valence-electron chi connectivity index (χ4n) is 3.10. The Morgan fingerprint density at radius 1 is 1.30 bits per heavy atom. The Bertz CT molecular complexity index is 492. The molecule has 0 heterocycles. The van der Waals surface area contributed by atoms with Gasteiger partial charge >= 0.3 is 0 Å². The van der Waals surface area contributed by atoms with Crippen molar-refractivity contribution in [2.24, 2.45) is 0 Å². The Kier molecular flexibility index (Phi) is 9.31. The first-order valence-corrected chi connectivity index (χ1v) is 7.89. The molecule has 1 saturated carbocycles. The van der Waals surface area contributed by atoms with Crippen LogP contribution in [0.3, 0.4) is 0 Å². The third-order valence-corrected chi connectivity index (χ3v) is 4.80. The molecule has 3 nitrogen and oxygen atoms in total. The van der Waals surface area contributed by atoms with E-state index in [2.05, 4.69) is 24.2 Å². The van der Waals surface area contributed by atoms with Gasteiger partial charge in [-0.3, -0.25) is 9.69 Å². The fraction of sp³-hybridized carbons (Fsp3) is 0.526. The van der Waals surface area contributed by atoms with Gasteiger partial charge < -0.3 is 19.7 Å². The molecule has 0 bridgehead atoms. The average Bonchev–Trinajstić information content (AvgIpc) is 2.39. The molecule has 1 N–H and O–H groups in total. The molecule has 1 fully saturated rings. The number of carbonyl (C=O) groups is 1. The van der Waals surface area contributed by atoms with Gasteiger partial charge in [0.2, 0.25) is 5.91 Å². The largest absolute Gasteiger partial charge is 0.358 e. The Morgan fingerprint density at radius 2 is 1.87 bits per heavy atom. The maximum absolute atomic E-state index is 12.9. The maximum Gasteiger partial charge on any atom is 0.244 e. The molecular formula is C19H30N2OW-2. The molecule has 1 amide bonds. The third kappa shape index (κ3) is 4.67. The van der Waals surface area contributed by atoms with Crippen LogP contribution < -0.4 is 5.32 Å². The van der Waals surface area contributed by atoms with E-state index in [1.165, 1.54) is 0 Å². The second-order valence-corrected chi connectivity index (χ2v) is 6.23. The van der Waals surface area contributed by atoms with Crippen molar-refractivity contribution in [1.29, 1.82) is 0 Å². The van der Waals surface area contributed by atoms with Crippen molar-refractivity contribution in [3.63, 3.8) is 0 Å². The number of likely N-dealkylation sites (N-methyl/N-ethyl adjacent to an activating group) is 1. The molecule has 0 saturated heterocycles. The molecule has 23 heavy (non-hydrogen) atoms. The summed E-state index contributed by atoms with van der Waals surface area (Å²) in [6.45, 7) is 8.91. The summed E-state index contributed by atoms with van der Waals surface area (Å²) >= 11 is 0. The molecule has 1 aliphatic carbocycles. The van der Waals surface area contributed by atoms with E-state index in [1.807, 2.05) is 32.0 Å². The zero-order valence-electron chi connectivity index (χ0n) is 14.9. The molecule has 0 aromatic heterocycles. The van der Waals surface area contributed by atoms with E-state index in [-0.39, 0.29) is 39.9 Å². The predicted molar refractivity (Wildman–Crippen MR) is 94.8 cm³/mol. The van der Waals surface area contributed by atoms with E-state index < -0.39 is 0 Å². The second kappa shape index (κ2) is 9.59. The van der Waals surface area contributed by atoms with Crippen molar-refractivity contribution in [2.45, 2.75) is 51.5 Å². The second-order valence-electron chi connectivity index (χ2n) is 6.23. The molecular weight excluding hydrogens is 456 g/mol. The van der Waals surface area contributed by atoms with Gasteiger partial charge in [-0.05, 0) is 57.8 Å². The van der Waals surface area contributed by atoms with Gasteiger partial charge in [0.25, 0.3) is 0 Å². The van der Waals surface area contributed by atoms with Gasteiger partial charge in [-0.15, -0.1) is 0 Å². The smallest absolute Gasteiger partial charge is 0.244 e. The first-order valence-electron chi connectivity index (χ1n) is 7.89.